The van der Waals surface area contributed by atoms with Crippen molar-refractivity contribution >= 4 is 13.9 Å². The van der Waals surface area contributed by atoms with Crippen molar-refractivity contribution in [2.75, 3.05) is 11.6 Å². The molecule has 0 heterocycles. The maximum absolute atomic E-state index is 2.63. The van der Waals surface area contributed by atoms with Gasteiger partial charge in [-0.05, 0) is 35.8 Å². The molecule has 102 valence electrons. The van der Waals surface area contributed by atoms with Crippen LogP contribution in [-0.2, 0) is 0 Å². The van der Waals surface area contributed by atoms with Gasteiger partial charge < -0.3 is 4.57 Å². The molecule has 2 heteroatoms. The van der Waals surface area contributed by atoms with Gasteiger partial charge in [-0.25, -0.2) is 0 Å². The predicted octanol–water partition coefficient (Wildman–Crippen LogP) is 5.30. The van der Waals surface area contributed by atoms with E-state index in [1.165, 1.54) is 5.69 Å². The van der Waals surface area contributed by atoms with Crippen LogP contribution in [0.2, 0.25) is 16.6 Å². The molecule has 1 aromatic carbocycles. The minimum atomic E-state index is -1.54. The molecule has 0 atom stereocenters. The fourth-order valence-corrected chi connectivity index (χ4v) is 11.0. The summed E-state index contributed by atoms with van der Waals surface area (Å²) in [6.07, 6.45) is 0. The average Bonchev–Trinajstić information content (AvgIpc) is 2.29. The normalized spacial score (nSPS) is 12.6. The molecule has 0 fully saturated rings. The standard InChI is InChI=1S/C16H29NSi/c1-13(2)18(14(3)4,15(5)6)17(7)16-11-9-8-10-12-16/h8-15H,1-7H3. The Labute approximate surface area is 114 Å². The molecule has 0 spiro atoms. The highest BCUT2D eigenvalue weighted by Gasteiger charge is 2.47. The monoisotopic (exact) mass is 263 g/mol. The van der Waals surface area contributed by atoms with Crippen LogP contribution in [0.25, 0.3) is 0 Å². The molecule has 0 amide bonds. The van der Waals surface area contributed by atoms with Gasteiger partial charge in [-0.2, -0.15) is 0 Å². The van der Waals surface area contributed by atoms with Crippen LogP contribution in [0.15, 0.2) is 30.3 Å². The van der Waals surface area contributed by atoms with Crippen LogP contribution in [-0.4, -0.2) is 15.3 Å². The third-order valence-electron chi connectivity index (χ3n) is 4.50. The third-order valence-corrected chi connectivity index (χ3v) is 11.5. The van der Waals surface area contributed by atoms with Crippen LogP contribution in [0.1, 0.15) is 41.5 Å². The van der Waals surface area contributed by atoms with Gasteiger partial charge in [-0.1, -0.05) is 59.7 Å². The van der Waals surface area contributed by atoms with E-state index in [1.807, 2.05) is 0 Å². The molecule has 0 bridgehead atoms. The molecular weight excluding hydrogens is 234 g/mol. The summed E-state index contributed by atoms with van der Waals surface area (Å²) in [6.45, 7) is 14.5. The first-order valence-corrected chi connectivity index (χ1v) is 9.31. The van der Waals surface area contributed by atoms with Gasteiger partial charge in [0, 0.05) is 5.69 Å². The Balaban J connectivity index is 3.27. The number of anilines is 1. The van der Waals surface area contributed by atoms with Crippen molar-refractivity contribution in [2.24, 2.45) is 0 Å². The lowest BCUT2D eigenvalue weighted by atomic mass is 10.3. The van der Waals surface area contributed by atoms with Crippen LogP contribution in [0.3, 0.4) is 0 Å². The SMILES string of the molecule is CC(C)[Si](C(C)C)(C(C)C)N(C)c1ccccc1. The fourth-order valence-electron chi connectivity index (χ4n) is 4.04. The number of hydrogen-bond donors (Lipinski definition) is 0. The first-order valence-electron chi connectivity index (χ1n) is 7.14. The lowest BCUT2D eigenvalue weighted by Crippen LogP contribution is -2.59. The van der Waals surface area contributed by atoms with Crippen LogP contribution in [0.4, 0.5) is 5.69 Å². The molecule has 18 heavy (non-hydrogen) atoms. The number of para-hydroxylation sites is 1. The van der Waals surface area contributed by atoms with E-state index in [-0.39, 0.29) is 0 Å². The van der Waals surface area contributed by atoms with Crippen molar-refractivity contribution in [1.29, 1.82) is 0 Å². The Hall–Kier alpha value is -0.763. The first-order chi connectivity index (χ1) is 8.35. The third kappa shape index (κ3) is 2.49. The molecule has 0 saturated carbocycles. The molecule has 0 radical (unpaired) electrons. The van der Waals surface area contributed by atoms with E-state index in [0.717, 1.165) is 16.6 Å². The second kappa shape index (κ2) is 5.92. The van der Waals surface area contributed by atoms with Gasteiger partial charge in [-0.3, -0.25) is 0 Å². The Morgan fingerprint density at radius 2 is 1.17 bits per heavy atom. The fraction of sp³-hybridized carbons (Fsp3) is 0.625. The van der Waals surface area contributed by atoms with Crippen molar-refractivity contribution in [1.82, 2.24) is 0 Å². The van der Waals surface area contributed by atoms with E-state index in [0.29, 0.717) is 0 Å². The van der Waals surface area contributed by atoms with E-state index in [9.17, 15) is 0 Å². The smallest absolute Gasteiger partial charge is 0.163 e. The van der Waals surface area contributed by atoms with E-state index in [2.05, 4.69) is 83.5 Å². The summed E-state index contributed by atoms with van der Waals surface area (Å²) in [7, 11) is 0.769. The highest BCUT2D eigenvalue weighted by Crippen LogP contribution is 2.44. The second-order valence-electron chi connectivity index (χ2n) is 6.25. The van der Waals surface area contributed by atoms with Crippen molar-refractivity contribution in [3.63, 3.8) is 0 Å². The summed E-state index contributed by atoms with van der Waals surface area (Å²) in [5.41, 5.74) is 3.63. The summed E-state index contributed by atoms with van der Waals surface area (Å²) in [6, 6.07) is 10.9. The molecule has 0 aliphatic rings. The number of rotatable bonds is 5. The Kier molecular flexibility index (Phi) is 5.03. The minimum absolute atomic E-state index is 0.753. The molecule has 1 aromatic rings. The van der Waals surface area contributed by atoms with Crippen LogP contribution < -0.4 is 4.57 Å². The maximum atomic E-state index is 2.63. The van der Waals surface area contributed by atoms with Crippen LogP contribution in [0, 0.1) is 0 Å². The Bertz CT molecular complexity index is 335. The summed E-state index contributed by atoms with van der Waals surface area (Å²) < 4.78 is 2.63. The van der Waals surface area contributed by atoms with Crippen molar-refractivity contribution in [2.45, 2.75) is 58.2 Å². The Morgan fingerprint density at radius 3 is 1.50 bits per heavy atom. The molecule has 0 aromatic heterocycles. The Morgan fingerprint density at radius 1 is 0.778 bits per heavy atom. The summed E-state index contributed by atoms with van der Waals surface area (Å²) in [5.74, 6) is 0. The highest BCUT2D eigenvalue weighted by atomic mass is 28.3. The van der Waals surface area contributed by atoms with Crippen molar-refractivity contribution < 1.29 is 0 Å². The van der Waals surface area contributed by atoms with E-state index >= 15 is 0 Å². The quantitative estimate of drug-likeness (QED) is 0.652. The zero-order valence-electron chi connectivity index (χ0n) is 13.1. The van der Waals surface area contributed by atoms with Crippen molar-refractivity contribution in [3.05, 3.63) is 30.3 Å². The van der Waals surface area contributed by atoms with E-state index < -0.39 is 8.24 Å². The number of benzene rings is 1. The zero-order valence-corrected chi connectivity index (χ0v) is 14.1. The van der Waals surface area contributed by atoms with Crippen molar-refractivity contribution in [3.8, 4) is 0 Å². The molecule has 1 nitrogen and oxygen atoms in total. The largest absolute Gasteiger partial charge is 0.399 e. The van der Waals surface area contributed by atoms with Gasteiger partial charge in [0.25, 0.3) is 0 Å². The maximum Gasteiger partial charge on any atom is 0.163 e. The van der Waals surface area contributed by atoms with Gasteiger partial charge >= 0.3 is 0 Å². The lowest BCUT2D eigenvalue weighted by molar-refractivity contribution is 0.792. The summed E-state index contributed by atoms with van der Waals surface area (Å²) in [5, 5.41) is 0. The molecule has 0 unspecified atom stereocenters. The zero-order chi connectivity index (χ0) is 13.9. The van der Waals surface area contributed by atoms with Gasteiger partial charge in [0.05, 0.1) is 0 Å². The molecule has 1 rings (SSSR count). The van der Waals surface area contributed by atoms with E-state index in [4.69, 9.17) is 0 Å². The first kappa shape index (κ1) is 15.3. The molecule has 0 aliphatic heterocycles. The topological polar surface area (TPSA) is 3.24 Å². The van der Waals surface area contributed by atoms with Gasteiger partial charge in [0.15, 0.2) is 8.24 Å². The predicted molar refractivity (Wildman–Crippen MR) is 85.9 cm³/mol. The lowest BCUT2D eigenvalue weighted by Gasteiger charge is -2.50. The van der Waals surface area contributed by atoms with Gasteiger partial charge in [0.2, 0.25) is 0 Å². The van der Waals surface area contributed by atoms with Crippen LogP contribution >= 0.6 is 0 Å². The summed E-state index contributed by atoms with van der Waals surface area (Å²) in [4.78, 5) is 0. The average molecular weight is 264 g/mol. The van der Waals surface area contributed by atoms with E-state index in [1.54, 1.807) is 0 Å². The van der Waals surface area contributed by atoms with Crippen LogP contribution in [0.5, 0.6) is 0 Å². The summed E-state index contributed by atoms with van der Waals surface area (Å²) >= 11 is 0. The minimum Gasteiger partial charge on any atom is -0.399 e. The second-order valence-corrected chi connectivity index (χ2v) is 12.2. The van der Waals surface area contributed by atoms with Gasteiger partial charge in [-0.15, -0.1) is 0 Å². The van der Waals surface area contributed by atoms with Gasteiger partial charge in [0.1, 0.15) is 0 Å². The number of nitrogens with zero attached hydrogens (tertiary/aromatic N) is 1. The molecule has 0 aliphatic carbocycles. The molecule has 0 N–H and O–H groups in total. The molecular formula is C16H29NSi. The highest BCUT2D eigenvalue weighted by molar-refractivity contribution is 6.86. The molecule has 0 saturated heterocycles. The number of hydrogen-bond acceptors (Lipinski definition) is 1.